The van der Waals surface area contributed by atoms with Crippen molar-refractivity contribution in [3.8, 4) is 92.0 Å². The summed E-state index contributed by atoms with van der Waals surface area (Å²) in [7, 11) is 0. The van der Waals surface area contributed by atoms with Gasteiger partial charge in [-0.15, -0.1) is 0 Å². The van der Waals surface area contributed by atoms with Crippen LogP contribution in [0.15, 0.2) is 97.1 Å². The fourth-order valence-electron chi connectivity index (χ4n) is 13.9. The van der Waals surface area contributed by atoms with Gasteiger partial charge in [0.15, 0.2) is 46.0 Å². The average molecular weight is 1350 g/mol. The van der Waals surface area contributed by atoms with Crippen LogP contribution in [0.2, 0.25) is 0 Å². The lowest BCUT2D eigenvalue weighted by molar-refractivity contribution is -0.115. The third-order valence-corrected chi connectivity index (χ3v) is 17.8. The van der Waals surface area contributed by atoms with Crippen LogP contribution in [0.3, 0.4) is 0 Å². The Morgan fingerprint density at radius 1 is 0.210 bits per heavy atom. The highest BCUT2D eigenvalue weighted by molar-refractivity contribution is 6.03. The fourth-order valence-corrected chi connectivity index (χ4v) is 13.9. The van der Waals surface area contributed by atoms with Crippen LogP contribution in [0.5, 0.6) is 92.0 Å². The monoisotopic (exact) mass is 1350 g/mol. The van der Waals surface area contributed by atoms with Crippen molar-refractivity contribution < 1.29 is 76.3 Å². The molecule has 5 aliphatic rings. The van der Waals surface area contributed by atoms with Gasteiger partial charge in [0, 0.05) is 196 Å². The normalized spacial score (nSPS) is 15.7. The number of fused-ring (bicyclic) bond motifs is 4. The number of carbonyl (C=O) groups is 8. The second-order valence-corrected chi connectivity index (χ2v) is 25.2. The van der Waals surface area contributed by atoms with E-state index in [-0.39, 0.29) is 91.5 Å². The minimum absolute atomic E-state index is 0.102. The molecule has 1 aliphatic carbocycles. The Morgan fingerprint density at radius 2 is 0.330 bits per heavy atom. The first kappa shape index (κ1) is 66.5. The molecule has 0 aromatic heterocycles. The molecule has 8 amide bonds. The lowest BCUT2D eigenvalue weighted by Gasteiger charge is -2.29. The zero-order valence-corrected chi connectivity index (χ0v) is 56.9. The lowest BCUT2D eigenvalue weighted by Crippen LogP contribution is -2.12. The van der Waals surface area contributed by atoms with Crippen molar-refractivity contribution in [1.82, 2.24) is 0 Å². The predicted molar refractivity (Wildman–Crippen MR) is 375 cm³/mol. The van der Waals surface area contributed by atoms with E-state index in [0.29, 0.717) is 116 Å². The molecule has 24 nitrogen and oxygen atoms in total. The zero-order valence-electron chi connectivity index (χ0n) is 56.9. The number of rotatable bonds is 12. The molecule has 0 atom stereocenters. The minimum atomic E-state index is -0.591. The molecule has 8 bridgehead atoms. The van der Waals surface area contributed by atoms with Crippen molar-refractivity contribution in [3.63, 3.8) is 0 Å². The standard InChI is InChI=1S/C76H72N8O16/c1-13-41-45-17-47-42(14-2)49-19-51-44(16-4)52-20-50-43(15-3)48-18-46(41)62-30-64(48)96-72-24-56(80-36(8)88)58(82-38(10)90)26-74(72)98-66(50)32-68(52)100-76-28-60(84-40(12)92)59(83-39(11)91)27-75(76)99-67(51)31-65(49)97-73-25-57(81-37(9)89)55(79-35(7)87)23-71(73)95-63(47)29-61(45)93-69-21-53(77-33(5)85)54(78-34(6)86)22-70(69)94-62/h17-32,41-44H,13-16H2,1-12H3,(H,77,85)(H,78,86)(H,79,87)(H,80,88)(H,81,89)(H,82,90)(H,83,91)(H,84,92). The van der Waals surface area contributed by atoms with Crippen molar-refractivity contribution in [2.75, 3.05) is 42.5 Å². The van der Waals surface area contributed by atoms with E-state index in [9.17, 15) is 38.4 Å². The molecule has 4 aliphatic heterocycles. The molecule has 8 N–H and O–H groups in total. The highest BCUT2D eigenvalue weighted by atomic mass is 16.5. The molecule has 0 saturated heterocycles. The van der Waals surface area contributed by atoms with Crippen molar-refractivity contribution in [3.05, 3.63) is 142 Å². The Morgan fingerprint density at radius 3 is 0.430 bits per heavy atom. The summed E-state index contributed by atoms with van der Waals surface area (Å²) in [4.78, 5) is 104. The molecular weight excluding hydrogens is 1280 g/mol. The molecule has 8 aromatic carbocycles. The van der Waals surface area contributed by atoms with E-state index in [0.717, 1.165) is 0 Å². The topological polar surface area (TPSA) is 307 Å². The Labute approximate surface area is 575 Å². The van der Waals surface area contributed by atoms with E-state index in [1.807, 2.05) is 27.7 Å². The SMILES string of the molecule is CCC1c2cc3c4cc2Oc2cc(NC(C)=O)c(NC(C)=O)cc2Oc2cc5c(cc21)C(CC)c1cc2c(cc1Oc1cc(NC(C)=O)c(NC(C)=O)cc1O5)Oc1cc(NC(C)=O)c(NC(C)=O)cc1Oc1cc(c(cc1C2CC)C3CC)Oc1cc(NC(C)=O)c(NC(C)=O)cc1O4. The average Bonchev–Trinajstić information content (AvgIpc) is 1.47. The van der Waals surface area contributed by atoms with Crippen LogP contribution < -0.4 is 80.4 Å². The van der Waals surface area contributed by atoms with Crippen molar-refractivity contribution >= 4 is 92.8 Å². The van der Waals surface area contributed by atoms with Crippen molar-refractivity contribution in [1.29, 1.82) is 0 Å². The van der Waals surface area contributed by atoms with Gasteiger partial charge in [0.1, 0.15) is 46.0 Å². The van der Waals surface area contributed by atoms with Crippen LogP contribution in [-0.4, -0.2) is 47.3 Å². The second kappa shape index (κ2) is 26.4. The summed E-state index contributed by atoms with van der Waals surface area (Å²) in [5.41, 5.74) is 6.87. The van der Waals surface area contributed by atoms with Crippen LogP contribution in [0, 0.1) is 0 Å². The quantitative estimate of drug-likeness (QED) is 0.0564. The first-order chi connectivity index (χ1) is 47.8. The number of hydrogen-bond acceptors (Lipinski definition) is 16. The molecule has 8 aromatic rings. The van der Waals surface area contributed by atoms with Crippen LogP contribution in [0.1, 0.15) is 177 Å². The smallest absolute Gasteiger partial charge is 0.221 e. The first-order valence-corrected chi connectivity index (χ1v) is 32.9. The van der Waals surface area contributed by atoms with E-state index in [1.165, 1.54) is 55.4 Å². The summed E-state index contributed by atoms with van der Waals surface area (Å²) >= 11 is 0. The number of nitrogens with one attached hydrogen (secondary N) is 8. The molecule has 100 heavy (non-hydrogen) atoms. The van der Waals surface area contributed by atoms with Gasteiger partial charge >= 0.3 is 0 Å². The summed E-state index contributed by atoms with van der Waals surface area (Å²) in [6.07, 6.45) is 1.70. The Bertz CT molecular complexity index is 4010. The van der Waals surface area contributed by atoms with Gasteiger partial charge in [-0.1, -0.05) is 27.7 Å². The molecular formula is C76H72N8O16. The third-order valence-electron chi connectivity index (χ3n) is 17.8. The molecule has 512 valence electrons. The highest BCUT2D eigenvalue weighted by Crippen LogP contribution is 2.60. The number of anilines is 8. The number of hydrogen-bond donors (Lipinski definition) is 8. The van der Waals surface area contributed by atoms with Crippen LogP contribution in [0.25, 0.3) is 0 Å². The van der Waals surface area contributed by atoms with Gasteiger partial charge in [-0.05, 0) is 49.9 Å². The Balaban J connectivity index is 1.22. The predicted octanol–water partition coefficient (Wildman–Crippen LogP) is 17.4. The molecule has 4 heterocycles. The second-order valence-electron chi connectivity index (χ2n) is 25.2. The van der Waals surface area contributed by atoms with Gasteiger partial charge in [-0.25, -0.2) is 0 Å². The maximum atomic E-state index is 13.1. The molecule has 0 unspecified atom stereocenters. The molecule has 0 saturated carbocycles. The van der Waals surface area contributed by atoms with Crippen molar-refractivity contribution in [2.45, 2.75) is 132 Å². The summed E-state index contributed by atoms with van der Waals surface area (Å²) in [5.74, 6) is -2.73. The van der Waals surface area contributed by atoms with Gasteiger partial charge in [0.05, 0.1) is 45.5 Å². The van der Waals surface area contributed by atoms with Crippen LogP contribution in [0.4, 0.5) is 45.5 Å². The van der Waals surface area contributed by atoms with Gasteiger partial charge in [0.25, 0.3) is 0 Å². The van der Waals surface area contributed by atoms with E-state index >= 15 is 0 Å². The van der Waals surface area contributed by atoms with E-state index < -0.39 is 70.9 Å². The molecule has 24 heteroatoms. The van der Waals surface area contributed by atoms with Crippen LogP contribution >= 0.6 is 0 Å². The summed E-state index contributed by atoms with van der Waals surface area (Å²) in [5, 5.41) is 22.8. The highest BCUT2D eigenvalue weighted by Gasteiger charge is 2.39. The maximum absolute atomic E-state index is 13.1. The zero-order chi connectivity index (χ0) is 70.9. The minimum Gasteiger partial charge on any atom is -0.453 e. The molecule has 0 radical (unpaired) electrons. The van der Waals surface area contributed by atoms with E-state index in [2.05, 4.69) is 66.8 Å². The maximum Gasteiger partial charge on any atom is 0.221 e. The summed E-state index contributed by atoms with van der Waals surface area (Å²) < 4.78 is 58.0. The summed E-state index contributed by atoms with van der Waals surface area (Å²) in [6, 6.07) is 27.9. The Kier molecular flexibility index (Phi) is 17.6. The third kappa shape index (κ3) is 12.8. The van der Waals surface area contributed by atoms with Gasteiger partial charge in [0.2, 0.25) is 47.3 Å². The lowest BCUT2D eigenvalue weighted by atomic mass is 9.77. The largest absolute Gasteiger partial charge is 0.453 e. The molecule has 13 rings (SSSR count). The van der Waals surface area contributed by atoms with Gasteiger partial charge < -0.3 is 80.4 Å². The molecule has 0 fully saturated rings. The van der Waals surface area contributed by atoms with Crippen molar-refractivity contribution in [2.24, 2.45) is 0 Å². The van der Waals surface area contributed by atoms with Crippen LogP contribution in [-0.2, 0) is 38.4 Å². The number of ether oxygens (including phenoxy) is 8. The van der Waals surface area contributed by atoms with E-state index in [1.54, 1.807) is 72.8 Å². The number of benzene rings is 8. The fraction of sp³-hybridized carbons (Fsp3) is 0.263. The van der Waals surface area contributed by atoms with E-state index in [4.69, 9.17) is 37.9 Å². The first-order valence-electron chi connectivity index (χ1n) is 32.9. The summed E-state index contributed by atoms with van der Waals surface area (Å²) in [6.45, 7) is 18.9. The molecule has 0 spiro atoms. The van der Waals surface area contributed by atoms with Gasteiger partial charge in [-0.2, -0.15) is 0 Å². The Hall–Kier alpha value is -12.1. The number of carbonyl (C=O) groups excluding carboxylic acids is 8. The van der Waals surface area contributed by atoms with Gasteiger partial charge in [-0.3, -0.25) is 38.4 Å². The number of amides is 8.